The van der Waals surface area contributed by atoms with Gasteiger partial charge in [-0.05, 0) is 73.1 Å². The maximum absolute atomic E-state index is 13.2. The lowest BCUT2D eigenvalue weighted by Gasteiger charge is -2.28. The highest BCUT2D eigenvalue weighted by atomic mass is 35.5. The number of hydrogen-bond donors (Lipinski definition) is 2. The zero-order valence-electron chi connectivity index (χ0n) is 15.0. The van der Waals surface area contributed by atoms with Crippen LogP contribution in [0.15, 0.2) is 42.5 Å². The molecule has 0 spiro atoms. The van der Waals surface area contributed by atoms with Gasteiger partial charge in [0.1, 0.15) is 5.82 Å². The topological polar surface area (TPSA) is 55.1 Å². The van der Waals surface area contributed by atoms with Crippen molar-refractivity contribution in [3.8, 4) is 0 Å². The minimum Gasteiger partial charge on any atom is -0.399 e. The van der Waals surface area contributed by atoms with Crippen LogP contribution < -0.4 is 11.1 Å². The average Bonchev–Trinajstić information content (AvgIpc) is 2.59. The van der Waals surface area contributed by atoms with Gasteiger partial charge < -0.3 is 11.1 Å². The number of anilines is 1. The molecular formula is C21H26ClFN2O. The number of nitrogen functional groups attached to an aromatic ring is 1. The number of carbonyl (C=O) groups is 1. The van der Waals surface area contributed by atoms with E-state index in [1.54, 1.807) is 6.07 Å². The predicted molar refractivity (Wildman–Crippen MR) is 106 cm³/mol. The second kappa shape index (κ2) is 9.04. The number of carbonyl (C=O) groups excluding carboxylic acids is 1. The van der Waals surface area contributed by atoms with Crippen LogP contribution in [0.1, 0.15) is 48.9 Å². The van der Waals surface area contributed by atoms with Gasteiger partial charge in [0.15, 0.2) is 0 Å². The SMILES string of the molecule is CC(CCc1cccc(F)c1)C(=O)NC1CCCc2cc(N)ccc21.Cl. The lowest BCUT2D eigenvalue weighted by Crippen LogP contribution is -2.34. The van der Waals surface area contributed by atoms with Crippen LogP contribution in [-0.2, 0) is 17.6 Å². The number of nitrogens with two attached hydrogens (primary N) is 1. The Kier molecular flexibility index (Phi) is 7.04. The first-order valence-electron chi connectivity index (χ1n) is 8.96. The summed E-state index contributed by atoms with van der Waals surface area (Å²) in [6, 6.07) is 12.6. The molecule has 1 aliphatic rings. The molecule has 1 amide bonds. The Labute approximate surface area is 160 Å². The Morgan fingerprint density at radius 3 is 2.88 bits per heavy atom. The number of fused-ring (bicyclic) bond motifs is 1. The van der Waals surface area contributed by atoms with E-state index in [9.17, 15) is 9.18 Å². The van der Waals surface area contributed by atoms with Crippen molar-refractivity contribution in [2.45, 2.75) is 45.1 Å². The Bertz CT molecular complexity index is 765. The molecular weight excluding hydrogens is 351 g/mol. The summed E-state index contributed by atoms with van der Waals surface area (Å²) in [5.74, 6) is -0.277. The highest BCUT2D eigenvalue weighted by molar-refractivity contribution is 5.85. The van der Waals surface area contributed by atoms with Crippen molar-refractivity contribution >= 4 is 24.0 Å². The smallest absolute Gasteiger partial charge is 0.223 e. The quantitative estimate of drug-likeness (QED) is 0.750. The summed E-state index contributed by atoms with van der Waals surface area (Å²) in [5, 5.41) is 3.19. The molecule has 2 atom stereocenters. The Hall–Kier alpha value is -2.07. The third-order valence-electron chi connectivity index (χ3n) is 5.00. The van der Waals surface area contributed by atoms with E-state index < -0.39 is 0 Å². The summed E-state index contributed by atoms with van der Waals surface area (Å²) < 4.78 is 13.2. The number of halogens is 2. The van der Waals surface area contributed by atoms with E-state index >= 15 is 0 Å². The van der Waals surface area contributed by atoms with E-state index in [1.165, 1.54) is 23.3 Å². The van der Waals surface area contributed by atoms with E-state index in [1.807, 2.05) is 31.2 Å². The molecule has 3 nitrogen and oxygen atoms in total. The summed E-state index contributed by atoms with van der Waals surface area (Å²) in [7, 11) is 0. The predicted octanol–water partition coefficient (Wildman–Crippen LogP) is 4.59. The molecule has 3 rings (SSSR count). The van der Waals surface area contributed by atoms with Crippen LogP contribution in [-0.4, -0.2) is 5.91 Å². The van der Waals surface area contributed by atoms with Gasteiger partial charge in [-0.3, -0.25) is 4.79 Å². The summed E-state index contributed by atoms with van der Waals surface area (Å²) in [6.45, 7) is 1.93. The Balaban J connectivity index is 0.00000243. The average molecular weight is 377 g/mol. The van der Waals surface area contributed by atoms with Crippen LogP contribution in [0, 0.1) is 11.7 Å². The molecule has 26 heavy (non-hydrogen) atoms. The summed E-state index contributed by atoms with van der Waals surface area (Å²) in [4.78, 5) is 12.6. The molecule has 2 aromatic carbocycles. The van der Waals surface area contributed by atoms with Crippen LogP contribution in [0.25, 0.3) is 0 Å². The second-order valence-corrected chi connectivity index (χ2v) is 6.98. The minimum absolute atomic E-state index is 0. The fourth-order valence-electron chi connectivity index (χ4n) is 3.50. The van der Waals surface area contributed by atoms with Gasteiger partial charge in [-0.1, -0.05) is 25.1 Å². The summed E-state index contributed by atoms with van der Waals surface area (Å²) in [6.07, 6.45) is 4.43. The first kappa shape index (κ1) is 20.2. The van der Waals surface area contributed by atoms with Crippen molar-refractivity contribution in [3.63, 3.8) is 0 Å². The maximum Gasteiger partial charge on any atom is 0.223 e. The van der Waals surface area contributed by atoms with Crippen LogP contribution in [0.4, 0.5) is 10.1 Å². The van der Waals surface area contributed by atoms with Crippen LogP contribution >= 0.6 is 12.4 Å². The summed E-state index contributed by atoms with van der Waals surface area (Å²) >= 11 is 0. The monoisotopic (exact) mass is 376 g/mol. The summed E-state index contributed by atoms with van der Waals surface area (Å²) in [5.41, 5.74) is 10.00. The molecule has 0 aromatic heterocycles. The van der Waals surface area contributed by atoms with Gasteiger partial charge in [0.05, 0.1) is 6.04 Å². The van der Waals surface area contributed by atoms with Crippen molar-refractivity contribution < 1.29 is 9.18 Å². The van der Waals surface area contributed by atoms with Gasteiger partial charge in [-0.15, -0.1) is 12.4 Å². The molecule has 0 aliphatic heterocycles. The molecule has 1 aliphatic carbocycles. The second-order valence-electron chi connectivity index (χ2n) is 6.98. The van der Waals surface area contributed by atoms with Gasteiger partial charge in [0.2, 0.25) is 5.91 Å². The maximum atomic E-state index is 13.2. The molecule has 0 bridgehead atoms. The number of benzene rings is 2. The highest BCUT2D eigenvalue weighted by Crippen LogP contribution is 2.31. The molecule has 140 valence electrons. The molecule has 5 heteroatoms. The number of aryl methyl sites for hydroxylation is 2. The standard InChI is InChI=1S/C21H25FN2O.ClH/c1-14(8-9-15-4-2-6-17(22)12-15)21(25)24-20-7-3-5-16-13-18(23)10-11-19(16)20;/h2,4,6,10-14,20H,3,5,7-9,23H2,1H3,(H,24,25);1H. The van der Waals surface area contributed by atoms with Crippen molar-refractivity contribution in [1.29, 1.82) is 0 Å². The third-order valence-corrected chi connectivity index (χ3v) is 5.00. The molecule has 0 heterocycles. The van der Waals surface area contributed by atoms with Crippen LogP contribution in [0.3, 0.4) is 0 Å². The van der Waals surface area contributed by atoms with Gasteiger partial charge in [0.25, 0.3) is 0 Å². The van der Waals surface area contributed by atoms with Crippen molar-refractivity contribution in [1.82, 2.24) is 5.32 Å². The van der Waals surface area contributed by atoms with Crippen molar-refractivity contribution in [2.24, 2.45) is 5.92 Å². The van der Waals surface area contributed by atoms with Crippen LogP contribution in [0.5, 0.6) is 0 Å². The Morgan fingerprint density at radius 1 is 1.31 bits per heavy atom. The normalized spacial score (nSPS) is 16.9. The highest BCUT2D eigenvalue weighted by Gasteiger charge is 2.23. The molecule has 0 saturated carbocycles. The van der Waals surface area contributed by atoms with E-state index in [0.717, 1.165) is 30.5 Å². The molecule has 2 aromatic rings. The first-order valence-corrected chi connectivity index (χ1v) is 8.96. The van der Waals surface area contributed by atoms with E-state index in [2.05, 4.69) is 5.32 Å². The Morgan fingerprint density at radius 2 is 2.12 bits per heavy atom. The molecule has 2 unspecified atom stereocenters. The molecule has 0 saturated heterocycles. The minimum atomic E-state index is -0.229. The van der Waals surface area contributed by atoms with Crippen molar-refractivity contribution in [2.75, 3.05) is 5.73 Å². The molecule has 0 radical (unpaired) electrons. The number of rotatable bonds is 5. The van der Waals surface area contributed by atoms with E-state index in [0.29, 0.717) is 12.8 Å². The van der Waals surface area contributed by atoms with Gasteiger partial charge in [-0.2, -0.15) is 0 Å². The zero-order chi connectivity index (χ0) is 17.8. The van der Waals surface area contributed by atoms with Gasteiger partial charge >= 0.3 is 0 Å². The van der Waals surface area contributed by atoms with Gasteiger partial charge in [0, 0.05) is 11.6 Å². The van der Waals surface area contributed by atoms with E-state index in [4.69, 9.17) is 5.73 Å². The molecule has 3 N–H and O–H groups in total. The molecule has 0 fully saturated rings. The van der Waals surface area contributed by atoms with E-state index in [-0.39, 0.29) is 36.1 Å². The van der Waals surface area contributed by atoms with Crippen LogP contribution in [0.2, 0.25) is 0 Å². The number of amides is 1. The first-order chi connectivity index (χ1) is 12.0. The fraction of sp³-hybridized carbons (Fsp3) is 0.381. The largest absolute Gasteiger partial charge is 0.399 e. The fourth-order valence-corrected chi connectivity index (χ4v) is 3.50. The number of nitrogens with one attached hydrogen (secondary N) is 1. The third kappa shape index (κ3) is 4.98. The lowest BCUT2D eigenvalue weighted by atomic mass is 9.87. The van der Waals surface area contributed by atoms with Crippen molar-refractivity contribution in [3.05, 3.63) is 65.0 Å². The number of hydrogen-bond acceptors (Lipinski definition) is 2. The lowest BCUT2D eigenvalue weighted by molar-refractivity contribution is -0.125. The zero-order valence-corrected chi connectivity index (χ0v) is 15.8. The van der Waals surface area contributed by atoms with Gasteiger partial charge in [-0.25, -0.2) is 4.39 Å².